The molecule has 0 aromatic heterocycles. The summed E-state index contributed by atoms with van der Waals surface area (Å²) in [6.45, 7) is 6.67. The molecule has 1 rings (SSSR count). The van der Waals surface area contributed by atoms with E-state index in [1.807, 2.05) is 32.9 Å². The second-order valence-electron chi connectivity index (χ2n) is 4.12. The lowest BCUT2D eigenvalue weighted by Gasteiger charge is -2.10. The molecule has 0 saturated heterocycles. The van der Waals surface area contributed by atoms with E-state index in [1.54, 1.807) is 0 Å². The van der Waals surface area contributed by atoms with Crippen LogP contribution in [-0.4, -0.2) is 16.5 Å². The molecule has 0 spiro atoms. The van der Waals surface area contributed by atoms with Gasteiger partial charge in [-0.05, 0) is 37.9 Å². The van der Waals surface area contributed by atoms with Gasteiger partial charge in [0, 0.05) is 10.6 Å². The van der Waals surface area contributed by atoms with Crippen LogP contribution in [0.2, 0.25) is 0 Å². The van der Waals surface area contributed by atoms with Gasteiger partial charge in [-0.3, -0.25) is 4.21 Å². The molecule has 1 aromatic rings. The van der Waals surface area contributed by atoms with Gasteiger partial charge in [0.25, 0.3) is 0 Å². The highest BCUT2D eigenvalue weighted by molar-refractivity contribution is 7.85. The van der Waals surface area contributed by atoms with Crippen LogP contribution in [0.3, 0.4) is 0 Å². The quantitative estimate of drug-likeness (QED) is 0.851. The zero-order valence-electron chi connectivity index (χ0n) is 9.62. The molecule has 2 nitrogen and oxygen atoms in total. The van der Waals surface area contributed by atoms with Gasteiger partial charge in [0.2, 0.25) is 0 Å². The monoisotopic (exact) mass is 225 g/mol. The molecule has 2 N–H and O–H groups in total. The van der Waals surface area contributed by atoms with Gasteiger partial charge in [0.1, 0.15) is 0 Å². The van der Waals surface area contributed by atoms with Crippen molar-refractivity contribution in [2.45, 2.75) is 25.7 Å². The Morgan fingerprint density at radius 3 is 2.60 bits per heavy atom. The van der Waals surface area contributed by atoms with Gasteiger partial charge >= 0.3 is 0 Å². The van der Waals surface area contributed by atoms with E-state index in [0.29, 0.717) is 18.2 Å². The second-order valence-corrected chi connectivity index (χ2v) is 5.59. The van der Waals surface area contributed by atoms with Crippen LogP contribution in [0.5, 0.6) is 0 Å². The predicted octanol–water partition coefficient (Wildman–Crippen LogP) is 2.01. The molecule has 15 heavy (non-hydrogen) atoms. The number of hydrogen-bond acceptors (Lipinski definition) is 2. The maximum Gasteiger partial charge on any atom is 0.0535 e. The summed E-state index contributed by atoms with van der Waals surface area (Å²) in [5.74, 6) is 0.965. The van der Waals surface area contributed by atoms with E-state index in [2.05, 4.69) is 6.07 Å². The SMILES string of the molecule is Cc1ccc(S(=O)CC(C)CN)c(C)c1. The second kappa shape index (κ2) is 5.42. The Morgan fingerprint density at radius 1 is 1.40 bits per heavy atom. The summed E-state index contributed by atoms with van der Waals surface area (Å²) < 4.78 is 12.0. The van der Waals surface area contributed by atoms with E-state index in [9.17, 15) is 4.21 Å². The standard InChI is InChI=1S/C12H19NOS/c1-9-4-5-12(11(3)6-9)15(14)8-10(2)7-13/h4-6,10H,7-8,13H2,1-3H3. The average molecular weight is 225 g/mol. The van der Waals surface area contributed by atoms with Crippen LogP contribution in [0.15, 0.2) is 23.1 Å². The molecule has 1 aromatic carbocycles. The molecule has 2 atom stereocenters. The Morgan fingerprint density at radius 2 is 2.07 bits per heavy atom. The summed E-state index contributed by atoms with van der Waals surface area (Å²) in [5, 5.41) is 0. The maximum atomic E-state index is 12.0. The third kappa shape index (κ3) is 3.43. The van der Waals surface area contributed by atoms with Gasteiger partial charge in [-0.25, -0.2) is 0 Å². The zero-order valence-corrected chi connectivity index (χ0v) is 10.4. The van der Waals surface area contributed by atoms with Crippen molar-refractivity contribution in [2.24, 2.45) is 11.7 Å². The Kier molecular flexibility index (Phi) is 4.48. The summed E-state index contributed by atoms with van der Waals surface area (Å²) in [7, 11) is -0.913. The Bertz CT molecular complexity index is 363. The lowest BCUT2D eigenvalue weighted by atomic mass is 10.2. The predicted molar refractivity (Wildman–Crippen MR) is 65.4 cm³/mol. The summed E-state index contributed by atoms with van der Waals surface area (Å²) >= 11 is 0. The van der Waals surface area contributed by atoms with Gasteiger partial charge in [0.05, 0.1) is 10.8 Å². The number of hydrogen-bond donors (Lipinski definition) is 1. The van der Waals surface area contributed by atoms with E-state index in [1.165, 1.54) is 5.56 Å². The fourth-order valence-electron chi connectivity index (χ4n) is 1.47. The largest absolute Gasteiger partial charge is 0.330 e. The molecule has 84 valence electrons. The highest BCUT2D eigenvalue weighted by Crippen LogP contribution is 2.16. The van der Waals surface area contributed by atoms with Gasteiger partial charge in [0.15, 0.2) is 0 Å². The van der Waals surface area contributed by atoms with Crippen LogP contribution in [0, 0.1) is 19.8 Å². The van der Waals surface area contributed by atoms with Crippen LogP contribution < -0.4 is 5.73 Å². The van der Waals surface area contributed by atoms with Gasteiger partial charge in [-0.15, -0.1) is 0 Å². The molecule has 0 saturated carbocycles. The Balaban J connectivity index is 2.82. The highest BCUT2D eigenvalue weighted by Gasteiger charge is 2.10. The molecular weight excluding hydrogens is 206 g/mol. The number of benzene rings is 1. The molecule has 0 aliphatic rings. The van der Waals surface area contributed by atoms with Crippen molar-refractivity contribution in [2.75, 3.05) is 12.3 Å². The van der Waals surface area contributed by atoms with Crippen LogP contribution in [0.4, 0.5) is 0 Å². The molecule has 2 unspecified atom stereocenters. The smallest absolute Gasteiger partial charge is 0.0535 e. The van der Waals surface area contributed by atoms with Crippen LogP contribution >= 0.6 is 0 Å². The topological polar surface area (TPSA) is 43.1 Å². The molecular formula is C12H19NOS. The average Bonchev–Trinajstić information content (AvgIpc) is 2.17. The van der Waals surface area contributed by atoms with Crippen molar-refractivity contribution in [3.63, 3.8) is 0 Å². The first-order valence-electron chi connectivity index (χ1n) is 5.20. The Hall–Kier alpha value is -0.670. The molecule has 0 heterocycles. The van der Waals surface area contributed by atoms with E-state index >= 15 is 0 Å². The Labute approximate surface area is 94.3 Å². The van der Waals surface area contributed by atoms with Crippen molar-refractivity contribution in [3.8, 4) is 0 Å². The lowest BCUT2D eigenvalue weighted by molar-refractivity contribution is 0.640. The van der Waals surface area contributed by atoms with Gasteiger partial charge in [-0.1, -0.05) is 24.6 Å². The van der Waals surface area contributed by atoms with Crippen molar-refractivity contribution >= 4 is 10.8 Å². The summed E-state index contributed by atoms with van der Waals surface area (Å²) in [4.78, 5) is 0.945. The van der Waals surface area contributed by atoms with Crippen LogP contribution in [0.25, 0.3) is 0 Å². The number of rotatable bonds is 4. The van der Waals surface area contributed by atoms with Crippen LogP contribution in [-0.2, 0) is 10.8 Å². The molecule has 0 amide bonds. The lowest BCUT2D eigenvalue weighted by Crippen LogP contribution is -2.18. The molecule has 0 aliphatic heterocycles. The first kappa shape index (κ1) is 12.4. The molecule has 0 fully saturated rings. The molecule has 0 aliphatic carbocycles. The fraction of sp³-hybridized carbons (Fsp3) is 0.500. The zero-order chi connectivity index (χ0) is 11.4. The van der Waals surface area contributed by atoms with E-state index < -0.39 is 10.8 Å². The summed E-state index contributed by atoms with van der Waals surface area (Å²) in [6.07, 6.45) is 0. The minimum atomic E-state index is -0.913. The van der Waals surface area contributed by atoms with E-state index in [-0.39, 0.29) is 0 Å². The van der Waals surface area contributed by atoms with Crippen LogP contribution in [0.1, 0.15) is 18.1 Å². The first-order chi connectivity index (χ1) is 7.04. The van der Waals surface area contributed by atoms with Crippen molar-refractivity contribution in [1.82, 2.24) is 0 Å². The summed E-state index contributed by atoms with van der Waals surface area (Å²) in [6, 6.07) is 6.04. The van der Waals surface area contributed by atoms with Gasteiger partial charge < -0.3 is 5.73 Å². The third-order valence-corrected chi connectivity index (χ3v) is 4.23. The molecule has 0 bridgehead atoms. The first-order valence-corrected chi connectivity index (χ1v) is 6.52. The van der Waals surface area contributed by atoms with E-state index in [0.717, 1.165) is 10.5 Å². The minimum absolute atomic E-state index is 0.312. The highest BCUT2D eigenvalue weighted by atomic mass is 32.2. The third-order valence-electron chi connectivity index (χ3n) is 2.41. The van der Waals surface area contributed by atoms with Crippen molar-refractivity contribution in [1.29, 1.82) is 0 Å². The number of aryl methyl sites for hydroxylation is 2. The van der Waals surface area contributed by atoms with E-state index in [4.69, 9.17) is 5.73 Å². The number of nitrogens with two attached hydrogens (primary N) is 1. The normalized spacial score (nSPS) is 14.9. The maximum absolute atomic E-state index is 12.0. The fourth-order valence-corrected chi connectivity index (χ4v) is 2.94. The molecule has 0 radical (unpaired) electrons. The van der Waals surface area contributed by atoms with Gasteiger partial charge in [-0.2, -0.15) is 0 Å². The van der Waals surface area contributed by atoms with Crippen molar-refractivity contribution < 1.29 is 4.21 Å². The molecule has 3 heteroatoms. The minimum Gasteiger partial charge on any atom is -0.330 e. The summed E-state index contributed by atoms with van der Waals surface area (Å²) in [5.41, 5.74) is 7.84. The van der Waals surface area contributed by atoms with Crippen molar-refractivity contribution in [3.05, 3.63) is 29.3 Å².